The molecule has 0 atom stereocenters. The zero-order chi connectivity index (χ0) is 20.8. The number of nitrogens with one attached hydrogen (secondary N) is 2. The van der Waals surface area contributed by atoms with Gasteiger partial charge in [-0.25, -0.2) is 13.5 Å². The fraction of sp³-hybridized carbons (Fsp3) is 0.273. The standard InChI is InChI=1S/C22H25F2N5/c1-15-10-16(2)29(28-15)21-7-5-4-6-18(21)14-27-22(25-3)26-9-8-17-11-19(23)13-20(24)12-17/h4-7,10-13H,8-9,14H2,1-3H3,(H2,25,26,27). The fourth-order valence-electron chi connectivity index (χ4n) is 3.22. The van der Waals surface area contributed by atoms with E-state index in [1.807, 2.05) is 48.9 Å². The molecule has 29 heavy (non-hydrogen) atoms. The van der Waals surface area contributed by atoms with Crippen LogP contribution in [0.5, 0.6) is 0 Å². The number of halogens is 2. The van der Waals surface area contributed by atoms with E-state index in [1.54, 1.807) is 7.05 Å². The number of benzene rings is 2. The summed E-state index contributed by atoms with van der Waals surface area (Å²) in [5, 5.41) is 11.0. The van der Waals surface area contributed by atoms with E-state index in [0.29, 0.717) is 31.0 Å². The van der Waals surface area contributed by atoms with Gasteiger partial charge in [-0.1, -0.05) is 18.2 Å². The second-order valence-electron chi connectivity index (χ2n) is 6.85. The number of para-hydroxylation sites is 1. The molecule has 0 aliphatic carbocycles. The molecule has 0 unspecified atom stereocenters. The Bertz CT molecular complexity index is 990. The molecule has 0 aliphatic rings. The topological polar surface area (TPSA) is 54.2 Å². The minimum atomic E-state index is -0.566. The third-order valence-corrected chi connectivity index (χ3v) is 4.53. The molecule has 3 rings (SSSR count). The van der Waals surface area contributed by atoms with E-state index >= 15 is 0 Å². The van der Waals surface area contributed by atoms with Crippen LogP contribution in [0.15, 0.2) is 53.5 Å². The zero-order valence-corrected chi connectivity index (χ0v) is 16.8. The number of guanidine groups is 1. The maximum absolute atomic E-state index is 13.3. The fourth-order valence-corrected chi connectivity index (χ4v) is 3.22. The third-order valence-electron chi connectivity index (χ3n) is 4.53. The highest BCUT2D eigenvalue weighted by atomic mass is 19.1. The lowest BCUT2D eigenvalue weighted by atomic mass is 10.1. The smallest absolute Gasteiger partial charge is 0.191 e. The lowest BCUT2D eigenvalue weighted by molar-refractivity contribution is 0.579. The predicted octanol–water partition coefficient (Wildman–Crippen LogP) is 3.68. The number of nitrogens with zero attached hydrogens (tertiary/aromatic N) is 3. The van der Waals surface area contributed by atoms with Crippen LogP contribution in [0, 0.1) is 25.5 Å². The number of hydrogen-bond donors (Lipinski definition) is 2. The molecule has 0 fully saturated rings. The Morgan fingerprint density at radius 2 is 1.76 bits per heavy atom. The van der Waals surface area contributed by atoms with Crippen LogP contribution < -0.4 is 10.6 Å². The van der Waals surface area contributed by atoms with E-state index in [-0.39, 0.29) is 0 Å². The van der Waals surface area contributed by atoms with Gasteiger partial charge in [0.15, 0.2) is 5.96 Å². The first-order valence-electron chi connectivity index (χ1n) is 9.47. The van der Waals surface area contributed by atoms with Crippen LogP contribution in [0.4, 0.5) is 8.78 Å². The molecule has 2 aromatic carbocycles. The van der Waals surface area contributed by atoms with Crippen LogP contribution in [-0.4, -0.2) is 29.3 Å². The number of aliphatic imine (C=N–C) groups is 1. The Hall–Kier alpha value is -3.22. The molecule has 0 saturated carbocycles. The van der Waals surface area contributed by atoms with Crippen molar-refractivity contribution in [3.8, 4) is 5.69 Å². The van der Waals surface area contributed by atoms with E-state index in [9.17, 15) is 8.78 Å². The van der Waals surface area contributed by atoms with E-state index < -0.39 is 11.6 Å². The van der Waals surface area contributed by atoms with Gasteiger partial charge in [-0.2, -0.15) is 5.10 Å². The van der Waals surface area contributed by atoms with Crippen LogP contribution in [-0.2, 0) is 13.0 Å². The van der Waals surface area contributed by atoms with Gasteiger partial charge in [-0.05, 0) is 55.7 Å². The maximum Gasteiger partial charge on any atom is 0.191 e. The summed E-state index contributed by atoms with van der Waals surface area (Å²) in [4.78, 5) is 4.22. The zero-order valence-electron chi connectivity index (χ0n) is 16.8. The molecule has 0 amide bonds. The Kier molecular flexibility index (Phi) is 6.59. The summed E-state index contributed by atoms with van der Waals surface area (Å²) in [6, 6.07) is 13.6. The number of rotatable bonds is 6. The SMILES string of the molecule is CN=C(NCCc1cc(F)cc(F)c1)NCc1ccccc1-n1nc(C)cc1C. The van der Waals surface area contributed by atoms with Crippen molar-refractivity contribution in [2.45, 2.75) is 26.8 Å². The second kappa shape index (κ2) is 9.32. The molecule has 1 heterocycles. The van der Waals surface area contributed by atoms with Gasteiger partial charge in [-0.15, -0.1) is 0 Å². The lowest BCUT2D eigenvalue weighted by Gasteiger charge is -2.15. The Balaban J connectivity index is 1.61. The quantitative estimate of drug-likeness (QED) is 0.493. The van der Waals surface area contributed by atoms with Crippen LogP contribution in [0.2, 0.25) is 0 Å². The van der Waals surface area contributed by atoms with Gasteiger partial charge in [0.1, 0.15) is 11.6 Å². The van der Waals surface area contributed by atoms with Gasteiger partial charge in [0.05, 0.1) is 11.4 Å². The summed E-state index contributed by atoms with van der Waals surface area (Å²) >= 11 is 0. The first-order valence-corrected chi connectivity index (χ1v) is 9.47. The van der Waals surface area contributed by atoms with Gasteiger partial charge in [0.25, 0.3) is 0 Å². The third kappa shape index (κ3) is 5.40. The average molecular weight is 397 g/mol. The van der Waals surface area contributed by atoms with Gasteiger partial charge >= 0.3 is 0 Å². The van der Waals surface area contributed by atoms with Crippen molar-refractivity contribution in [1.82, 2.24) is 20.4 Å². The maximum atomic E-state index is 13.3. The Morgan fingerprint density at radius 1 is 1.03 bits per heavy atom. The number of aromatic nitrogens is 2. The van der Waals surface area contributed by atoms with Crippen LogP contribution in [0.25, 0.3) is 5.69 Å². The summed E-state index contributed by atoms with van der Waals surface area (Å²) in [7, 11) is 1.68. The minimum absolute atomic E-state index is 0.484. The summed E-state index contributed by atoms with van der Waals surface area (Å²) in [5.74, 6) is -0.517. The van der Waals surface area contributed by atoms with Crippen molar-refractivity contribution < 1.29 is 8.78 Å². The molecule has 7 heteroatoms. The van der Waals surface area contributed by atoms with Crippen molar-refractivity contribution in [3.63, 3.8) is 0 Å². The molecule has 5 nitrogen and oxygen atoms in total. The van der Waals surface area contributed by atoms with Gasteiger partial charge < -0.3 is 10.6 Å². The van der Waals surface area contributed by atoms with Gasteiger partial charge in [0, 0.05) is 31.9 Å². The number of aryl methyl sites for hydroxylation is 2. The molecule has 0 saturated heterocycles. The molecular formula is C22H25F2N5. The number of hydrogen-bond acceptors (Lipinski definition) is 2. The van der Waals surface area contributed by atoms with Crippen LogP contribution in [0.1, 0.15) is 22.5 Å². The highest BCUT2D eigenvalue weighted by Crippen LogP contribution is 2.17. The van der Waals surface area contributed by atoms with E-state index in [4.69, 9.17) is 0 Å². The van der Waals surface area contributed by atoms with E-state index in [0.717, 1.165) is 28.7 Å². The molecule has 0 radical (unpaired) electrons. The van der Waals surface area contributed by atoms with Crippen LogP contribution in [0.3, 0.4) is 0 Å². The Morgan fingerprint density at radius 3 is 2.41 bits per heavy atom. The lowest BCUT2D eigenvalue weighted by Crippen LogP contribution is -2.38. The highest BCUT2D eigenvalue weighted by molar-refractivity contribution is 5.79. The summed E-state index contributed by atoms with van der Waals surface area (Å²) < 4.78 is 28.5. The molecule has 3 aromatic rings. The Labute approximate surface area is 169 Å². The summed E-state index contributed by atoms with van der Waals surface area (Å²) in [5.41, 5.74) is 4.72. The second-order valence-corrected chi connectivity index (χ2v) is 6.85. The van der Waals surface area contributed by atoms with Crippen molar-refractivity contribution in [2.75, 3.05) is 13.6 Å². The molecular weight excluding hydrogens is 372 g/mol. The van der Waals surface area contributed by atoms with Crippen molar-refractivity contribution in [2.24, 2.45) is 4.99 Å². The molecule has 0 bridgehead atoms. The summed E-state index contributed by atoms with van der Waals surface area (Å²) in [6.45, 7) is 5.06. The molecule has 0 spiro atoms. The molecule has 2 N–H and O–H groups in total. The van der Waals surface area contributed by atoms with Crippen molar-refractivity contribution in [1.29, 1.82) is 0 Å². The first-order chi connectivity index (χ1) is 14.0. The van der Waals surface area contributed by atoms with Crippen LogP contribution >= 0.6 is 0 Å². The molecule has 152 valence electrons. The van der Waals surface area contributed by atoms with Gasteiger partial charge in [0.2, 0.25) is 0 Å². The molecule has 1 aromatic heterocycles. The monoisotopic (exact) mass is 397 g/mol. The normalized spacial score (nSPS) is 11.6. The minimum Gasteiger partial charge on any atom is -0.356 e. The van der Waals surface area contributed by atoms with E-state index in [1.165, 1.54) is 12.1 Å². The predicted molar refractivity (Wildman–Crippen MR) is 111 cm³/mol. The average Bonchev–Trinajstić information content (AvgIpc) is 3.02. The van der Waals surface area contributed by atoms with Gasteiger partial charge in [-0.3, -0.25) is 4.99 Å². The van der Waals surface area contributed by atoms with Crippen molar-refractivity contribution in [3.05, 3.63) is 82.7 Å². The van der Waals surface area contributed by atoms with E-state index in [2.05, 4.69) is 20.7 Å². The first kappa shape index (κ1) is 20.5. The molecule has 0 aliphatic heterocycles. The largest absolute Gasteiger partial charge is 0.356 e. The van der Waals surface area contributed by atoms with Crippen molar-refractivity contribution >= 4 is 5.96 Å². The summed E-state index contributed by atoms with van der Waals surface area (Å²) in [6.07, 6.45) is 0.484. The highest BCUT2D eigenvalue weighted by Gasteiger charge is 2.09.